The van der Waals surface area contributed by atoms with Gasteiger partial charge in [-0.05, 0) is 31.0 Å². The quantitative estimate of drug-likeness (QED) is 0.682. The third-order valence-electron chi connectivity index (χ3n) is 1.68. The normalized spacial score (nSPS) is 10.1. The number of benzene rings is 1. The van der Waals surface area contributed by atoms with Gasteiger partial charge >= 0.3 is 0 Å². The van der Waals surface area contributed by atoms with Gasteiger partial charge in [0.1, 0.15) is 0 Å². The fraction of sp³-hybridized carbons (Fsp3) is 0.400. The molecule has 0 fully saturated rings. The van der Waals surface area contributed by atoms with Crippen LogP contribution in [0.4, 0.5) is 4.39 Å². The van der Waals surface area contributed by atoms with Gasteiger partial charge in [0.25, 0.3) is 0 Å². The molecule has 1 aromatic carbocycles. The summed E-state index contributed by atoms with van der Waals surface area (Å²) >= 11 is 5.54. The second kappa shape index (κ2) is 5.07. The highest BCUT2D eigenvalue weighted by molar-refractivity contribution is 6.17. The van der Waals surface area contributed by atoms with Crippen molar-refractivity contribution in [3.05, 3.63) is 29.6 Å². The van der Waals surface area contributed by atoms with E-state index >= 15 is 0 Å². The molecule has 0 saturated heterocycles. The maximum Gasteiger partial charge on any atom is 0.165 e. The highest BCUT2D eigenvalue weighted by atomic mass is 35.5. The average molecular weight is 203 g/mol. The smallest absolute Gasteiger partial charge is 0.165 e. The third kappa shape index (κ3) is 2.88. The van der Waals surface area contributed by atoms with Crippen LogP contribution in [0.1, 0.15) is 12.5 Å². The predicted octanol–water partition coefficient (Wildman–Crippen LogP) is 3.01. The molecule has 0 aliphatic heterocycles. The van der Waals surface area contributed by atoms with Gasteiger partial charge in [0, 0.05) is 5.88 Å². The van der Waals surface area contributed by atoms with E-state index in [2.05, 4.69) is 0 Å². The van der Waals surface area contributed by atoms with E-state index in [0.717, 1.165) is 5.56 Å². The molecule has 0 radical (unpaired) electrons. The lowest BCUT2D eigenvalue weighted by Gasteiger charge is -2.05. The van der Waals surface area contributed by atoms with Gasteiger partial charge < -0.3 is 4.74 Å². The molecular formula is C10H12ClFO. The van der Waals surface area contributed by atoms with Crippen molar-refractivity contribution in [3.63, 3.8) is 0 Å². The molecule has 1 nitrogen and oxygen atoms in total. The summed E-state index contributed by atoms with van der Waals surface area (Å²) in [6.07, 6.45) is 0.685. The molecule has 0 bridgehead atoms. The molecule has 1 aromatic rings. The van der Waals surface area contributed by atoms with E-state index in [0.29, 0.717) is 24.7 Å². The molecule has 0 amide bonds. The highest BCUT2D eigenvalue weighted by Crippen LogP contribution is 2.18. The second-order valence-electron chi connectivity index (χ2n) is 2.64. The molecule has 72 valence electrons. The highest BCUT2D eigenvalue weighted by Gasteiger charge is 2.03. The number of alkyl halides is 1. The van der Waals surface area contributed by atoms with Gasteiger partial charge in [-0.1, -0.05) is 6.07 Å². The Morgan fingerprint density at radius 3 is 2.77 bits per heavy atom. The second-order valence-corrected chi connectivity index (χ2v) is 3.01. The molecule has 0 spiro atoms. The summed E-state index contributed by atoms with van der Waals surface area (Å²) < 4.78 is 18.3. The fourth-order valence-electron chi connectivity index (χ4n) is 1.08. The zero-order valence-corrected chi connectivity index (χ0v) is 8.27. The van der Waals surface area contributed by atoms with Crippen LogP contribution in [0.15, 0.2) is 18.2 Å². The Morgan fingerprint density at radius 2 is 2.23 bits per heavy atom. The van der Waals surface area contributed by atoms with E-state index in [1.54, 1.807) is 6.07 Å². The van der Waals surface area contributed by atoms with Crippen molar-refractivity contribution < 1.29 is 9.13 Å². The lowest BCUT2D eigenvalue weighted by molar-refractivity contribution is 0.321. The summed E-state index contributed by atoms with van der Waals surface area (Å²) in [5, 5.41) is 0. The number of aryl methyl sites for hydroxylation is 1. The Morgan fingerprint density at radius 1 is 1.46 bits per heavy atom. The van der Waals surface area contributed by atoms with E-state index in [1.165, 1.54) is 6.07 Å². The molecule has 13 heavy (non-hydrogen) atoms. The molecule has 0 atom stereocenters. The summed E-state index contributed by atoms with van der Waals surface area (Å²) in [6, 6.07) is 4.94. The Bertz CT molecular complexity index is 276. The Kier molecular flexibility index (Phi) is 4.03. The van der Waals surface area contributed by atoms with Crippen LogP contribution in [0.2, 0.25) is 0 Å². The van der Waals surface area contributed by atoms with E-state index in [4.69, 9.17) is 16.3 Å². The Balaban J connectivity index is 2.79. The molecule has 0 aromatic heterocycles. The van der Waals surface area contributed by atoms with Gasteiger partial charge in [0.15, 0.2) is 11.6 Å². The minimum absolute atomic E-state index is 0.306. The first-order valence-corrected chi connectivity index (χ1v) is 4.78. The standard InChI is InChI=1S/C10H12ClFO/c1-2-13-10-4-3-8(5-6-11)7-9(10)12/h3-4,7H,2,5-6H2,1H3. The average Bonchev–Trinajstić information content (AvgIpc) is 2.10. The number of hydrogen-bond acceptors (Lipinski definition) is 1. The van der Waals surface area contributed by atoms with Crippen LogP contribution >= 0.6 is 11.6 Å². The van der Waals surface area contributed by atoms with Crippen molar-refractivity contribution >= 4 is 11.6 Å². The summed E-state index contributed by atoms with van der Waals surface area (Å²) in [4.78, 5) is 0. The van der Waals surface area contributed by atoms with Crippen LogP contribution in [-0.2, 0) is 6.42 Å². The molecule has 3 heteroatoms. The molecule has 0 aliphatic rings. The maximum atomic E-state index is 13.2. The number of hydrogen-bond donors (Lipinski definition) is 0. The Hall–Kier alpha value is -0.760. The van der Waals surface area contributed by atoms with Gasteiger partial charge in [-0.2, -0.15) is 0 Å². The lowest BCUT2D eigenvalue weighted by atomic mass is 10.1. The van der Waals surface area contributed by atoms with Crippen molar-refractivity contribution in [3.8, 4) is 5.75 Å². The zero-order valence-electron chi connectivity index (χ0n) is 7.52. The first kappa shape index (κ1) is 10.3. The monoisotopic (exact) mass is 202 g/mol. The van der Waals surface area contributed by atoms with Crippen molar-refractivity contribution in [2.75, 3.05) is 12.5 Å². The number of halogens is 2. The zero-order chi connectivity index (χ0) is 9.68. The van der Waals surface area contributed by atoms with E-state index in [-0.39, 0.29) is 5.82 Å². The van der Waals surface area contributed by atoms with Crippen LogP contribution in [0.3, 0.4) is 0 Å². The fourth-order valence-corrected chi connectivity index (χ4v) is 1.30. The number of ether oxygens (including phenoxy) is 1. The first-order chi connectivity index (χ1) is 6.27. The summed E-state index contributed by atoms with van der Waals surface area (Å²) in [5.74, 6) is 0.498. The summed E-state index contributed by atoms with van der Waals surface area (Å²) in [5.41, 5.74) is 0.899. The van der Waals surface area contributed by atoms with Gasteiger partial charge in [-0.3, -0.25) is 0 Å². The molecular weight excluding hydrogens is 191 g/mol. The molecule has 0 heterocycles. The topological polar surface area (TPSA) is 9.23 Å². The molecule has 1 rings (SSSR count). The van der Waals surface area contributed by atoms with Crippen LogP contribution in [-0.4, -0.2) is 12.5 Å². The van der Waals surface area contributed by atoms with Gasteiger partial charge in [0.2, 0.25) is 0 Å². The van der Waals surface area contributed by atoms with E-state index < -0.39 is 0 Å². The van der Waals surface area contributed by atoms with Crippen LogP contribution in [0, 0.1) is 5.82 Å². The molecule has 0 aliphatic carbocycles. The minimum atomic E-state index is -0.315. The Labute approximate surface area is 82.5 Å². The molecule has 0 unspecified atom stereocenters. The minimum Gasteiger partial charge on any atom is -0.491 e. The lowest BCUT2D eigenvalue weighted by Crippen LogP contribution is -1.96. The van der Waals surface area contributed by atoms with E-state index in [9.17, 15) is 4.39 Å². The maximum absolute atomic E-state index is 13.2. The summed E-state index contributed by atoms with van der Waals surface area (Å²) in [7, 11) is 0. The van der Waals surface area contributed by atoms with Crippen molar-refractivity contribution in [2.24, 2.45) is 0 Å². The molecule has 0 N–H and O–H groups in total. The SMILES string of the molecule is CCOc1ccc(CCCl)cc1F. The number of rotatable bonds is 4. The summed E-state index contributed by atoms with van der Waals surface area (Å²) in [6.45, 7) is 2.30. The van der Waals surface area contributed by atoms with Crippen molar-refractivity contribution in [1.29, 1.82) is 0 Å². The first-order valence-electron chi connectivity index (χ1n) is 4.25. The molecule has 0 saturated carbocycles. The van der Waals surface area contributed by atoms with Crippen molar-refractivity contribution in [1.82, 2.24) is 0 Å². The van der Waals surface area contributed by atoms with Crippen LogP contribution in [0.5, 0.6) is 5.75 Å². The van der Waals surface area contributed by atoms with Gasteiger partial charge in [-0.15, -0.1) is 11.6 Å². The van der Waals surface area contributed by atoms with Crippen LogP contribution in [0.25, 0.3) is 0 Å². The van der Waals surface area contributed by atoms with E-state index in [1.807, 2.05) is 13.0 Å². The van der Waals surface area contributed by atoms with Gasteiger partial charge in [-0.25, -0.2) is 4.39 Å². The van der Waals surface area contributed by atoms with Gasteiger partial charge in [0.05, 0.1) is 6.61 Å². The third-order valence-corrected chi connectivity index (χ3v) is 1.87. The largest absolute Gasteiger partial charge is 0.491 e. The van der Waals surface area contributed by atoms with Crippen molar-refractivity contribution in [2.45, 2.75) is 13.3 Å². The van der Waals surface area contributed by atoms with Crippen LogP contribution < -0.4 is 4.74 Å². The predicted molar refractivity (Wildman–Crippen MR) is 52.0 cm³/mol.